The van der Waals surface area contributed by atoms with Crippen molar-refractivity contribution in [3.8, 4) is 0 Å². The average molecular weight is 537 g/mol. The topological polar surface area (TPSA) is 72.8 Å². The van der Waals surface area contributed by atoms with Crippen molar-refractivity contribution in [3.63, 3.8) is 0 Å². The molecule has 4 fully saturated rings. The summed E-state index contributed by atoms with van der Waals surface area (Å²) in [5.74, 6) is 3.72. The maximum absolute atomic E-state index is 12.4. The van der Waals surface area contributed by atoms with E-state index in [-0.39, 0.29) is 23.5 Å². The molecule has 3 N–H and O–H groups in total. The van der Waals surface area contributed by atoms with E-state index in [1.165, 1.54) is 25.7 Å². The number of carbonyl (C=O) groups is 1. The summed E-state index contributed by atoms with van der Waals surface area (Å²) in [6.07, 6.45) is 11.1. The number of fused-ring (bicyclic) bond motifs is 5. The summed E-state index contributed by atoms with van der Waals surface area (Å²) in [5, 5.41) is 25.1. The lowest BCUT2D eigenvalue weighted by Gasteiger charge is -2.62. The fourth-order valence-electron chi connectivity index (χ4n) is 9.43. The van der Waals surface area contributed by atoms with E-state index < -0.39 is 0 Å². The number of amides is 1. The molecule has 4 rings (SSSR count). The summed E-state index contributed by atoms with van der Waals surface area (Å²) in [4.78, 5) is 14.6. The Bertz CT molecular complexity index is 714. The van der Waals surface area contributed by atoms with Crippen molar-refractivity contribution in [1.82, 2.24) is 10.2 Å². The summed E-state index contributed by atoms with van der Waals surface area (Å²) < 4.78 is 0. The Hall–Kier alpha value is -0.650. The molecule has 10 atom stereocenters. The van der Waals surface area contributed by atoms with Crippen LogP contribution in [0, 0.1) is 46.3 Å². The molecule has 0 aromatic heterocycles. The third-order valence-corrected chi connectivity index (χ3v) is 11.4. The first-order valence-electron chi connectivity index (χ1n) is 16.3. The number of hydrogen-bond acceptors (Lipinski definition) is 4. The van der Waals surface area contributed by atoms with Gasteiger partial charge in [-0.3, -0.25) is 4.79 Å². The number of aliphatic hydroxyl groups is 2. The second-order valence-corrected chi connectivity index (χ2v) is 13.4. The number of nitrogens with one attached hydrogen (secondary N) is 1. The molecule has 0 aromatic rings. The van der Waals surface area contributed by atoms with E-state index in [4.69, 9.17) is 0 Å². The van der Waals surface area contributed by atoms with Gasteiger partial charge in [-0.05, 0) is 131 Å². The molecule has 0 heterocycles. The maximum atomic E-state index is 12.4. The minimum absolute atomic E-state index is 0.0137. The van der Waals surface area contributed by atoms with Crippen LogP contribution >= 0.6 is 0 Å². The van der Waals surface area contributed by atoms with Crippen molar-refractivity contribution < 1.29 is 15.0 Å². The molecule has 1 amide bonds. The van der Waals surface area contributed by atoms with Crippen molar-refractivity contribution in [3.05, 3.63) is 0 Å². The van der Waals surface area contributed by atoms with Gasteiger partial charge < -0.3 is 20.4 Å². The van der Waals surface area contributed by atoms with Crippen molar-refractivity contribution in [2.24, 2.45) is 46.3 Å². The molecule has 4 aliphatic carbocycles. The van der Waals surface area contributed by atoms with Gasteiger partial charge in [-0.1, -0.05) is 48.5 Å². The number of aliphatic hydroxyl groups excluding tert-OH is 2. The monoisotopic (exact) mass is 536 g/mol. The van der Waals surface area contributed by atoms with Gasteiger partial charge in [0.05, 0.1) is 12.2 Å². The minimum atomic E-state index is -0.240. The predicted octanol–water partition coefficient (Wildman–Crippen LogP) is 6.51. The Morgan fingerprint density at radius 1 is 0.974 bits per heavy atom. The zero-order chi connectivity index (χ0) is 28.7. The van der Waals surface area contributed by atoms with Gasteiger partial charge in [-0.15, -0.1) is 0 Å². The minimum Gasteiger partial charge on any atom is -0.393 e. The molecule has 4 aliphatic rings. The van der Waals surface area contributed by atoms with Gasteiger partial charge in [-0.2, -0.15) is 0 Å². The van der Waals surface area contributed by atoms with E-state index in [2.05, 4.69) is 45.1 Å². The zero-order valence-electron chi connectivity index (χ0n) is 26.6. The molecule has 224 valence electrons. The summed E-state index contributed by atoms with van der Waals surface area (Å²) in [6, 6.07) is 0. The van der Waals surface area contributed by atoms with Crippen LogP contribution in [0.5, 0.6) is 0 Å². The number of carbonyl (C=O) groups excluding carboxylic acids is 1. The lowest BCUT2D eigenvalue weighted by atomic mass is 9.43. The smallest absolute Gasteiger partial charge is 0.220 e. The molecule has 5 heteroatoms. The van der Waals surface area contributed by atoms with Gasteiger partial charge in [0.2, 0.25) is 5.91 Å². The molecule has 0 radical (unpaired) electrons. The van der Waals surface area contributed by atoms with Gasteiger partial charge in [0.15, 0.2) is 0 Å². The predicted molar refractivity (Wildman–Crippen MR) is 160 cm³/mol. The Morgan fingerprint density at radius 2 is 1.66 bits per heavy atom. The van der Waals surface area contributed by atoms with Gasteiger partial charge in [0.1, 0.15) is 0 Å². The van der Waals surface area contributed by atoms with Crippen LogP contribution in [0.3, 0.4) is 0 Å². The average Bonchev–Trinajstić information content (AvgIpc) is 3.27. The number of hydrogen-bond donors (Lipinski definition) is 3. The second kappa shape index (κ2) is 14.8. The van der Waals surface area contributed by atoms with E-state index in [9.17, 15) is 15.0 Å². The fraction of sp³-hybridized carbons (Fsp3) is 0.970. The molecule has 4 saturated carbocycles. The standard InChI is InChI=1S/C29H52N2O3.2C2H6/c1-19(7-12-27(34)30-15-6-16-31(4)5)23-10-11-24-22-9-8-20-17-21(32)13-14-28(20,2)25(22)18-26(33)29(23,24)3;2*1-2/h19-26,32-33H,6-18H2,1-5H3,(H,30,34);2*1-2H3/t19-,20?,21-,22?,23?,24?,25?,26+,28?,29?;;/m1../s1. The van der Waals surface area contributed by atoms with Crippen molar-refractivity contribution >= 4 is 5.91 Å². The van der Waals surface area contributed by atoms with Gasteiger partial charge >= 0.3 is 0 Å². The van der Waals surface area contributed by atoms with E-state index in [0.29, 0.717) is 41.4 Å². The molecular weight excluding hydrogens is 472 g/mol. The van der Waals surface area contributed by atoms with Crippen LogP contribution in [0.2, 0.25) is 0 Å². The molecule has 0 aromatic carbocycles. The molecular formula is C33H64N2O3. The molecule has 0 bridgehead atoms. The van der Waals surface area contributed by atoms with Crippen molar-refractivity contribution in [2.75, 3.05) is 27.2 Å². The normalized spacial score (nSPS) is 40.4. The van der Waals surface area contributed by atoms with Crippen LogP contribution in [0.4, 0.5) is 0 Å². The number of nitrogens with zero attached hydrogens (tertiary/aromatic N) is 1. The number of rotatable bonds is 8. The summed E-state index contributed by atoms with van der Waals surface area (Å²) in [6.45, 7) is 17.0. The van der Waals surface area contributed by atoms with Crippen LogP contribution in [-0.2, 0) is 4.79 Å². The van der Waals surface area contributed by atoms with Gasteiger partial charge in [0.25, 0.3) is 0 Å². The Labute approximate surface area is 235 Å². The van der Waals surface area contributed by atoms with Gasteiger partial charge in [-0.25, -0.2) is 0 Å². The van der Waals surface area contributed by atoms with Crippen LogP contribution < -0.4 is 5.32 Å². The molecule has 5 nitrogen and oxygen atoms in total. The molecule has 0 aliphatic heterocycles. The third kappa shape index (κ3) is 6.97. The Balaban J connectivity index is 0.00000121. The zero-order valence-corrected chi connectivity index (χ0v) is 26.6. The highest BCUT2D eigenvalue weighted by Crippen LogP contribution is 2.68. The highest BCUT2D eigenvalue weighted by Gasteiger charge is 2.63. The first kappa shape index (κ1) is 33.6. The first-order valence-corrected chi connectivity index (χ1v) is 16.3. The Kier molecular flexibility index (Phi) is 13.1. The van der Waals surface area contributed by atoms with Crippen LogP contribution in [0.25, 0.3) is 0 Å². The van der Waals surface area contributed by atoms with E-state index in [1.54, 1.807) is 0 Å². The van der Waals surface area contributed by atoms with E-state index >= 15 is 0 Å². The molecule has 0 saturated heterocycles. The highest BCUT2D eigenvalue weighted by molar-refractivity contribution is 5.75. The van der Waals surface area contributed by atoms with Crippen molar-refractivity contribution in [1.29, 1.82) is 0 Å². The highest BCUT2D eigenvalue weighted by atomic mass is 16.3. The molecule has 7 unspecified atom stereocenters. The first-order chi connectivity index (χ1) is 18.1. The largest absolute Gasteiger partial charge is 0.393 e. The summed E-state index contributed by atoms with van der Waals surface area (Å²) in [5.41, 5.74) is 0.277. The summed E-state index contributed by atoms with van der Waals surface area (Å²) in [7, 11) is 4.12. The lowest BCUT2D eigenvalue weighted by Crippen LogP contribution is -2.58. The molecule has 38 heavy (non-hydrogen) atoms. The molecule has 0 spiro atoms. The lowest BCUT2D eigenvalue weighted by molar-refractivity contribution is -0.174. The third-order valence-electron chi connectivity index (χ3n) is 11.4. The van der Waals surface area contributed by atoms with Crippen LogP contribution in [0.1, 0.15) is 119 Å². The van der Waals surface area contributed by atoms with Crippen LogP contribution in [0.15, 0.2) is 0 Å². The van der Waals surface area contributed by atoms with E-state index in [0.717, 1.165) is 57.5 Å². The summed E-state index contributed by atoms with van der Waals surface area (Å²) >= 11 is 0. The van der Waals surface area contributed by atoms with Crippen molar-refractivity contribution in [2.45, 2.75) is 131 Å². The second-order valence-electron chi connectivity index (χ2n) is 13.4. The fourth-order valence-corrected chi connectivity index (χ4v) is 9.43. The van der Waals surface area contributed by atoms with Gasteiger partial charge in [0, 0.05) is 13.0 Å². The Morgan fingerprint density at radius 3 is 2.32 bits per heavy atom. The van der Waals surface area contributed by atoms with Crippen LogP contribution in [-0.4, -0.2) is 60.4 Å². The van der Waals surface area contributed by atoms with E-state index in [1.807, 2.05) is 27.7 Å². The quantitative estimate of drug-likeness (QED) is 0.309. The SMILES string of the molecule is CC.CC.C[C@H](CCC(=O)NCCCN(C)C)C1CCC2C3CCC4C[C@H](O)CCC4(C)C3C[C@H](O)C21C. The maximum Gasteiger partial charge on any atom is 0.220 e.